The van der Waals surface area contributed by atoms with Gasteiger partial charge in [0.05, 0.1) is 5.30 Å². The first-order valence-corrected chi connectivity index (χ1v) is 13.1. The number of benzene rings is 5. The molecule has 0 fully saturated rings. The van der Waals surface area contributed by atoms with Gasteiger partial charge in [-0.2, -0.15) is 0 Å². The molecule has 2 atom stereocenters. The Balaban J connectivity index is 1.80. The van der Waals surface area contributed by atoms with Crippen molar-refractivity contribution in [2.75, 3.05) is 0 Å². The molecule has 0 unspecified atom stereocenters. The van der Waals surface area contributed by atoms with Gasteiger partial charge in [0.2, 0.25) is 0 Å². The lowest BCUT2D eigenvalue weighted by Gasteiger charge is -2.21. The van der Waals surface area contributed by atoms with Crippen LogP contribution in [0, 0.1) is 20.8 Å². The fraction of sp³-hybridized carbons (Fsp3) is 0.161. The summed E-state index contributed by atoms with van der Waals surface area (Å²) in [5.41, 5.74) is 8.72. The number of hydrogen-bond donors (Lipinski definition) is 1. The minimum atomic E-state index is -1.38. The predicted octanol–water partition coefficient (Wildman–Crippen LogP) is 8.01. The summed E-state index contributed by atoms with van der Waals surface area (Å²) in [7, 11) is -1.38. The van der Waals surface area contributed by atoms with Gasteiger partial charge < -0.3 is 9.63 Å². The molecule has 34 heavy (non-hydrogen) atoms. The van der Waals surface area contributed by atoms with Crippen LogP contribution >= 0.6 is 8.15 Å². The molecule has 1 N–H and O–H groups in total. The molecule has 3 heteroatoms. The average Bonchev–Trinajstić information content (AvgIpc) is 3.12. The normalized spacial score (nSPS) is 17.2. The van der Waals surface area contributed by atoms with Crippen LogP contribution in [0.1, 0.15) is 23.6 Å². The topological polar surface area (TPSA) is 29.5 Å². The van der Waals surface area contributed by atoms with Crippen LogP contribution in [0.15, 0.2) is 78.9 Å². The van der Waals surface area contributed by atoms with Crippen LogP contribution in [0.3, 0.4) is 0 Å². The third-order valence-corrected chi connectivity index (χ3v) is 8.71. The highest BCUT2D eigenvalue weighted by Crippen LogP contribution is 2.51. The largest absolute Gasteiger partial charge is 0.483 e. The maximum atomic E-state index is 11.1. The van der Waals surface area contributed by atoms with Crippen molar-refractivity contribution in [2.45, 2.75) is 33.5 Å². The molecule has 0 amide bonds. The van der Waals surface area contributed by atoms with E-state index in [1.165, 1.54) is 54.9 Å². The standard InChI is InChI=1S/C31H27O2P/c1-18-16-19(2)28(20(3)17-18)30-24-12-7-5-10-22(24)29(23-11-6-8-13-25(23)30)26-14-9-15-27-31(26)34(32)21(4)33-27/h5-17,21,32H,1-4H3/t21-,34-/m1/s1. The van der Waals surface area contributed by atoms with Crippen LogP contribution in [0.2, 0.25) is 0 Å². The summed E-state index contributed by atoms with van der Waals surface area (Å²) in [6.07, 6.45) is 0. The van der Waals surface area contributed by atoms with Crippen LogP contribution in [0.25, 0.3) is 43.8 Å². The number of rotatable bonds is 2. The van der Waals surface area contributed by atoms with Crippen LogP contribution < -0.4 is 10.0 Å². The van der Waals surface area contributed by atoms with Gasteiger partial charge in [0.15, 0.2) is 0 Å². The Morgan fingerprint density at radius 3 is 1.76 bits per heavy atom. The molecule has 1 aliphatic rings. The van der Waals surface area contributed by atoms with Gasteiger partial charge in [-0.15, -0.1) is 0 Å². The lowest BCUT2D eigenvalue weighted by molar-refractivity contribution is 0.306. The van der Waals surface area contributed by atoms with Crippen molar-refractivity contribution >= 4 is 35.0 Å². The molecule has 0 spiro atoms. The molecular weight excluding hydrogens is 435 g/mol. The summed E-state index contributed by atoms with van der Waals surface area (Å²) in [6.45, 7) is 8.55. The van der Waals surface area contributed by atoms with E-state index in [2.05, 4.69) is 87.5 Å². The van der Waals surface area contributed by atoms with Crippen molar-refractivity contribution in [2.24, 2.45) is 0 Å². The highest BCUT2D eigenvalue weighted by Gasteiger charge is 2.33. The summed E-state index contributed by atoms with van der Waals surface area (Å²) in [5.74, 6) is 0.613. The smallest absolute Gasteiger partial charge is 0.143 e. The Kier molecular flexibility index (Phi) is 4.99. The molecule has 0 saturated carbocycles. The van der Waals surface area contributed by atoms with E-state index in [-0.39, 0.29) is 5.85 Å². The minimum Gasteiger partial charge on any atom is -0.483 e. The van der Waals surface area contributed by atoms with Crippen molar-refractivity contribution in [3.63, 3.8) is 0 Å². The van der Waals surface area contributed by atoms with Crippen LogP contribution in [0.5, 0.6) is 5.75 Å². The third-order valence-electron chi connectivity index (χ3n) is 7.00. The number of fused-ring (bicyclic) bond motifs is 3. The van der Waals surface area contributed by atoms with Gasteiger partial charge in [0, 0.05) is 0 Å². The fourth-order valence-electron chi connectivity index (χ4n) is 5.73. The SMILES string of the molecule is Cc1cc(C)c(-c2c3ccccc3c(-c3cccc4c3[P@](O)[C@H](C)O4)c3ccccc23)c(C)c1. The Morgan fingerprint density at radius 2 is 1.21 bits per heavy atom. The van der Waals surface area contributed by atoms with E-state index in [1.807, 2.05) is 19.1 Å². The van der Waals surface area contributed by atoms with Gasteiger partial charge in [-0.25, -0.2) is 0 Å². The second kappa shape index (κ2) is 7.94. The molecule has 0 bridgehead atoms. The molecule has 2 nitrogen and oxygen atoms in total. The molecule has 1 heterocycles. The van der Waals surface area contributed by atoms with E-state index in [1.54, 1.807) is 0 Å². The minimum absolute atomic E-state index is 0.194. The Labute approximate surface area is 201 Å². The molecule has 168 valence electrons. The lowest BCUT2D eigenvalue weighted by Crippen LogP contribution is -2.05. The highest BCUT2D eigenvalue weighted by atomic mass is 31.1. The van der Waals surface area contributed by atoms with Gasteiger partial charge in [-0.3, -0.25) is 0 Å². The number of ether oxygens (including phenoxy) is 1. The lowest BCUT2D eigenvalue weighted by atomic mass is 9.83. The molecule has 6 rings (SSSR count). The second-order valence-electron chi connectivity index (χ2n) is 9.33. The summed E-state index contributed by atoms with van der Waals surface area (Å²) >= 11 is 0. The zero-order valence-electron chi connectivity index (χ0n) is 19.9. The number of aryl methyl sites for hydroxylation is 3. The molecule has 0 aliphatic carbocycles. The van der Waals surface area contributed by atoms with Crippen molar-refractivity contribution in [3.05, 3.63) is 95.6 Å². The first-order valence-electron chi connectivity index (χ1n) is 11.8. The van der Waals surface area contributed by atoms with Crippen LogP contribution in [0.4, 0.5) is 0 Å². The maximum Gasteiger partial charge on any atom is 0.143 e. The van der Waals surface area contributed by atoms with Gasteiger partial charge >= 0.3 is 0 Å². The molecule has 5 aromatic rings. The van der Waals surface area contributed by atoms with Gasteiger partial charge in [-0.1, -0.05) is 78.4 Å². The quantitative estimate of drug-likeness (QED) is 0.213. The molecule has 0 radical (unpaired) electrons. The summed E-state index contributed by atoms with van der Waals surface area (Å²) < 4.78 is 6.02. The van der Waals surface area contributed by atoms with E-state index in [9.17, 15) is 4.89 Å². The molecule has 0 aromatic heterocycles. The highest BCUT2D eigenvalue weighted by molar-refractivity contribution is 7.61. The average molecular weight is 463 g/mol. The zero-order chi connectivity index (χ0) is 23.6. The summed E-state index contributed by atoms with van der Waals surface area (Å²) in [5, 5.41) is 5.82. The van der Waals surface area contributed by atoms with E-state index < -0.39 is 8.15 Å². The Bertz CT molecular complexity index is 1520. The monoisotopic (exact) mass is 462 g/mol. The van der Waals surface area contributed by atoms with Crippen molar-refractivity contribution in [1.82, 2.24) is 0 Å². The Morgan fingerprint density at radius 1 is 0.676 bits per heavy atom. The summed E-state index contributed by atoms with van der Waals surface area (Å²) in [4.78, 5) is 11.1. The second-order valence-corrected chi connectivity index (χ2v) is 11.2. The van der Waals surface area contributed by atoms with E-state index >= 15 is 0 Å². The number of hydrogen-bond acceptors (Lipinski definition) is 2. The van der Waals surface area contributed by atoms with Gasteiger partial charge in [-0.05, 0) is 88.7 Å². The molecule has 1 aliphatic heterocycles. The maximum absolute atomic E-state index is 11.1. The molecule has 0 saturated heterocycles. The first-order chi connectivity index (χ1) is 16.5. The van der Waals surface area contributed by atoms with Gasteiger partial charge in [0.25, 0.3) is 0 Å². The van der Waals surface area contributed by atoms with E-state index in [0.29, 0.717) is 0 Å². The van der Waals surface area contributed by atoms with E-state index in [4.69, 9.17) is 4.74 Å². The third kappa shape index (κ3) is 3.10. The summed E-state index contributed by atoms with van der Waals surface area (Å²) in [6, 6.07) is 28.1. The van der Waals surface area contributed by atoms with Crippen molar-refractivity contribution in [3.8, 4) is 28.0 Å². The van der Waals surface area contributed by atoms with Crippen LogP contribution in [-0.4, -0.2) is 10.7 Å². The van der Waals surface area contributed by atoms with Crippen molar-refractivity contribution in [1.29, 1.82) is 0 Å². The fourth-order valence-corrected chi connectivity index (χ4v) is 7.10. The van der Waals surface area contributed by atoms with Crippen molar-refractivity contribution < 1.29 is 9.63 Å². The first kappa shape index (κ1) is 21.4. The zero-order valence-corrected chi connectivity index (χ0v) is 20.8. The predicted molar refractivity (Wildman–Crippen MR) is 145 cm³/mol. The Hall–Kier alpha value is -3.19. The molecular formula is C31H27O2P. The van der Waals surface area contributed by atoms with Crippen LogP contribution in [-0.2, 0) is 0 Å². The van der Waals surface area contributed by atoms with Gasteiger partial charge in [0.1, 0.15) is 19.7 Å². The molecule has 5 aromatic carbocycles. The van der Waals surface area contributed by atoms with E-state index in [0.717, 1.165) is 16.6 Å².